The minimum absolute atomic E-state index is 0.00943. The SMILES string of the molecule is O=C(CNc1cccc(Cl)c1Cl)Nc1cccc(C(=O)NCC2CCCO2)c1. The van der Waals surface area contributed by atoms with E-state index in [9.17, 15) is 9.59 Å². The van der Waals surface area contributed by atoms with Gasteiger partial charge in [-0.15, -0.1) is 0 Å². The molecule has 0 saturated carbocycles. The first-order valence-corrected chi connectivity index (χ1v) is 9.76. The van der Waals surface area contributed by atoms with Crippen LogP contribution in [0.25, 0.3) is 0 Å². The van der Waals surface area contributed by atoms with Gasteiger partial charge in [0.1, 0.15) is 0 Å². The Kier molecular flexibility index (Phi) is 7.14. The molecule has 1 aliphatic heterocycles. The standard InChI is InChI=1S/C20H21Cl2N3O3/c21-16-7-2-8-17(19(16)22)23-12-18(26)25-14-5-1-4-13(10-14)20(27)24-11-15-6-3-9-28-15/h1-2,4-5,7-8,10,15,23H,3,6,9,11-12H2,(H,24,27)(H,25,26). The van der Waals surface area contributed by atoms with E-state index in [0.29, 0.717) is 33.5 Å². The molecule has 3 rings (SSSR count). The van der Waals surface area contributed by atoms with Gasteiger partial charge in [-0.25, -0.2) is 0 Å². The van der Waals surface area contributed by atoms with Gasteiger partial charge < -0.3 is 20.7 Å². The summed E-state index contributed by atoms with van der Waals surface area (Å²) in [7, 11) is 0. The molecule has 2 amide bonds. The molecule has 148 valence electrons. The second kappa shape index (κ2) is 9.78. The number of nitrogens with one attached hydrogen (secondary N) is 3. The number of carbonyl (C=O) groups is 2. The van der Waals surface area contributed by atoms with Crippen LogP contribution in [0.4, 0.5) is 11.4 Å². The third-order valence-corrected chi connectivity index (χ3v) is 5.13. The molecule has 1 heterocycles. The van der Waals surface area contributed by atoms with Crippen LogP contribution in [-0.4, -0.2) is 37.6 Å². The van der Waals surface area contributed by atoms with Crippen molar-refractivity contribution >= 4 is 46.4 Å². The summed E-state index contributed by atoms with van der Waals surface area (Å²) in [6.45, 7) is 1.24. The molecule has 1 fully saturated rings. The number of ether oxygens (including phenoxy) is 1. The van der Waals surface area contributed by atoms with E-state index in [4.69, 9.17) is 27.9 Å². The van der Waals surface area contributed by atoms with Gasteiger partial charge in [0.05, 0.1) is 28.4 Å². The molecule has 1 unspecified atom stereocenters. The normalized spacial score (nSPS) is 15.9. The predicted octanol–water partition coefficient (Wildman–Crippen LogP) is 3.95. The van der Waals surface area contributed by atoms with E-state index < -0.39 is 0 Å². The molecule has 6 nitrogen and oxygen atoms in total. The first kappa shape index (κ1) is 20.5. The summed E-state index contributed by atoms with van der Waals surface area (Å²) in [5.41, 5.74) is 1.59. The summed E-state index contributed by atoms with van der Waals surface area (Å²) in [5.74, 6) is -0.469. The molecule has 1 atom stereocenters. The van der Waals surface area contributed by atoms with Gasteiger partial charge in [-0.2, -0.15) is 0 Å². The first-order valence-electron chi connectivity index (χ1n) is 9.00. The molecule has 2 aromatic rings. The summed E-state index contributed by atoms with van der Waals surface area (Å²) in [4.78, 5) is 24.5. The topological polar surface area (TPSA) is 79.5 Å². The highest BCUT2D eigenvalue weighted by Crippen LogP contribution is 2.29. The van der Waals surface area contributed by atoms with Gasteiger partial charge in [0, 0.05) is 24.4 Å². The molecule has 0 spiro atoms. The predicted molar refractivity (Wildman–Crippen MR) is 111 cm³/mol. The molecule has 0 bridgehead atoms. The zero-order chi connectivity index (χ0) is 19.9. The number of carbonyl (C=O) groups excluding carboxylic acids is 2. The lowest BCUT2D eigenvalue weighted by atomic mass is 10.1. The van der Waals surface area contributed by atoms with Crippen molar-refractivity contribution < 1.29 is 14.3 Å². The number of amides is 2. The molecule has 0 aromatic heterocycles. The number of hydrogen-bond donors (Lipinski definition) is 3. The minimum Gasteiger partial charge on any atom is -0.376 e. The third-order valence-electron chi connectivity index (χ3n) is 4.31. The zero-order valence-corrected chi connectivity index (χ0v) is 16.6. The van der Waals surface area contributed by atoms with Crippen LogP contribution in [-0.2, 0) is 9.53 Å². The Morgan fingerprint density at radius 3 is 2.75 bits per heavy atom. The summed E-state index contributed by atoms with van der Waals surface area (Å²) < 4.78 is 5.50. The fraction of sp³-hybridized carbons (Fsp3) is 0.300. The van der Waals surface area contributed by atoms with E-state index in [1.54, 1.807) is 42.5 Å². The number of halogens is 2. The zero-order valence-electron chi connectivity index (χ0n) is 15.1. The van der Waals surface area contributed by atoms with Crippen molar-refractivity contribution in [3.05, 3.63) is 58.1 Å². The van der Waals surface area contributed by atoms with Crippen LogP contribution in [0.15, 0.2) is 42.5 Å². The van der Waals surface area contributed by atoms with Crippen molar-refractivity contribution in [1.82, 2.24) is 5.32 Å². The molecule has 28 heavy (non-hydrogen) atoms. The van der Waals surface area contributed by atoms with Gasteiger partial charge in [0.15, 0.2) is 0 Å². The third kappa shape index (κ3) is 5.61. The fourth-order valence-corrected chi connectivity index (χ4v) is 3.24. The van der Waals surface area contributed by atoms with Gasteiger partial charge in [-0.1, -0.05) is 35.3 Å². The molecular weight excluding hydrogens is 401 g/mol. The first-order chi connectivity index (χ1) is 13.5. The van der Waals surface area contributed by atoms with Gasteiger partial charge in [-0.3, -0.25) is 9.59 Å². The van der Waals surface area contributed by atoms with Crippen LogP contribution in [0.3, 0.4) is 0 Å². The highest BCUT2D eigenvalue weighted by atomic mass is 35.5. The van der Waals surface area contributed by atoms with Crippen LogP contribution >= 0.6 is 23.2 Å². The average molecular weight is 422 g/mol. The van der Waals surface area contributed by atoms with Crippen LogP contribution in [0.5, 0.6) is 0 Å². The highest BCUT2D eigenvalue weighted by Gasteiger charge is 2.17. The summed E-state index contributed by atoms with van der Waals surface area (Å²) in [5, 5.41) is 9.33. The van der Waals surface area contributed by atoms with Crippen LogP contribution in [0.2, 0.25) is 10.0 Å². The number of anilines is 2. The highest BCUT2D eigenvalue weighted by molar-refractivity contribution is 6.43. The van der Waals surface area contributed by atoms with E-state index in [1.807, 2.05) is 0 Å². The van der Waals surface area contributed by atoms with E-state index >= 15 is 0 Å². The minimum atomic E-state index is -0.270. The van der Waals surface area contributed by atoms with E-state index in [-0.39, 0.29) is 24.5 Å². The largest absolute Gasteiger partial charge is 0.376 e. The maximum atomic E-state index is 12.3. The Balaban J connectivity index is 1.52. The van der Waals surface area contributed by atoms with Crippen LogP contribution in [0.1, 0.15) is 23.2 Å². The van der Waals surface area contributed by atoms with Gasteiger partial charge in [0.25, 0.3) is 5.91 Å². The van der Waals surface area contributed by atoms with Gasteiger partial charge in [0.2, 0.25) is 5.91 Å². The smallest absolute Gasteiger partial charge is 0.251 e. The average Bonchev–Trinajstić information content (AvgIpc) is 3.21. The Morgan fingerprint density at radius 1 is 1.14 bits per heavy atom. The summed E-state index contributed by atoms with van der Waals surface area (Å²) >= 11 is 12.0. The molecule has 2 aromatic carbocycles. The van der Waals surface area contributed by atoms with Crippen molar-refractivity contribution in [2.24, 2.45) is 0 Å². The second-order valence-electron chi connectivity index (χ2n) is 6.43. The molecule has 0 aliphatic carbocycles. The summed E-state index contributed by atoms with van der Waals surface area (Å²) in [6, 6.07) is 11.9. The van der Waals surface area contributed by atoms with Crippen molar-refractivity contribution in [2.75, 3.05) is 30.3 Å². The fourth-order valence-electron chi connectivity index (χ4n) is 2.87. The Labute approximate surface area is 173 Å². The van der Waals surface area contributed by atoms with E-state index in [2.05, 4.69) is 16.0 Å². The molecular formula is C20H21Cl2N3O3. The van der Waals surface area contributed by atoms with Crippen molar-refractivity contribution in [3.63, 3.8) is 0 Å². The van der Waals surface area contributed by atoms with E-state index in [0.717, 1.165) is 19.4 Å². The van der Waals surface area contributed by atoms with Crippen LogP contribution in [0, 0.1) is 0 Å². The second-order valence-corrected chi connectivity index (χ2v) is 7.21. The quantitative estimate of drug-likeness (QED) is 0.631. The Bertz CT molecular complexity index is 854. The molecule has 1 aliphatic rings. The molecule has 8 heteroatoms. The maximum Gasteiger partial charge on any atom is 0.251 e. The lowest BCUT2D eigenvalue weighted by Crippen LogP contribution is -2.31. The Hall–Kier alpha value is -2.28. The summed E-state index contributed by atoms with van der Waals surface area (Å²) in [6.07, 6.45) is 2.06. The maximum absolute atomic E-state index is 12.3. The molecule has 3 N–H and O–H groups in total. The molecule has 0 radical (unpaired) electrons. The van der Waals surface area contributed by atoms with Crippen LogP contribution < -0.4 is 16.0 Å². The number of benzene rings is 2. The Morgan fingerprint density at radius 2 is 1.96 bits per heavy atom. The van der Waals surface area contributed by atoms with Crippen molar-refractivity contribution in [3.8, 4) is 0 Å². The van der Waals surface area contributed by atoms with Crippen molar-refractivity contribution in [1.29, 1.82) is 0 Å². The van der Waals surface area contributed by atoms with Gasteiger partial charge >= 0.3 is 0 Å². The van der Waals surface area contributed by atoms with E-state index in [1.165, 1.54) is 0 Å². The lowest BCUT2D eigenvalue weighted by Gasteiger charge is -2.12. The number of hydrogen-bond acceptors (Lipinski definition) is 4. The van der Waals surface area contributed by atoms with Gasteiger partial charge in [-0.05, 0) is 43.2 Å². The lowest BCUT2D eigenvalue weighted by molar-refractivity contribution is -0.114. The number of rotatable bonds is 7. The molecule has 1 saturated heterocycles. The monoisotopic (exact) mass is 421 g/mol. The van der Waals surface area contributed by atoms with Crippen molar-refractivity contribution in [2.45, 2.75) is 18.9 Å².